The molecule has 1 rings (SSSR count). The standard InChI is InChI=1S/C15H23N3O2.BrH/c1-10(2)8-13(14(17)19)18-15(20)12(16)9-11-6-4-3-5-7-11;/h3-7,10,12-13H,8-9,16H2,1-2H3,(H2,17,19)(H,18,20);1H/t12-,13-;/m0./s1. The quantitative estimate of drug-likeness (QED) is 0.682. The van der Waals surface area contributed by atoms with E-state index in [1.165, 1.54) is 0 Å². The third-order valence-corrected chi connectivity index (χ3v) is 3.00. The van der Waals surface area contributed by atoms with Crippen molar-refractivity contribution in [1.82, 2.24) is 5.32 Å². The van der Waals surface area contributed by atoms with E-state index < -0.39 is 18.0 Å². The Labute approximate surface area is 136 Å². The Hall–Kier alpha value is -1.40. The van der Waals surface area contributed by atoms with Gasteiger partial charge in [-0.3, -0.25) is 9.59 Å². The van der Waals surface area contributed by atoms with Gasteiger partial charge in [0.25, 0.3) is 0 Å². The van der Waals surface area contributed by atoms with Crippen LogP contribution in [0.15, 0.2) is 30.3 Å². The van der Waals surface area contributed by atoms with E-state index in [2.05, 4.69) is 5.32 Å². The third-order valence-electron chi connectivity index (χ3n) is 3.00. The van der Waals surface area contributed by atoms with E-state index in [1.54, 1.807) is 0 Å². The van der Waals surface area contributed by atoms with Crippen molar-refractivity contribution >= 4 is 28.8 Å². The summed E-state index contributed by atoms with van der Waals surface area (Å²) in [7, 11) is 0. The molecule has 0 aliphatic carbocycles. The minimum Gasteiger partial charge on any atom is -0.368 e. The molecule has 0 radical (unpaired) electrons. The molecular weight excluding hydrogens is 334 g/mol. The first-order chi connectivity index (χ1) is 9.40. The van der Waals surface area contributed by atoms with E-state index in [4.69, 9.17) is 11.5 Å². The first-order valence-electron chi connectivity index (χ1n) is 6.79. The lowest BCUT2D eigenvalue weighted by Gasteiger charge is -2.20. The van der Waals surface area contributed by atoms with Gasteiger partial charge in [0.05, 0.1) is 6.04 Å². The van der Waals surface area contributed by atoms with E-state index in [9.17, 15) is 9.59 Å². The van der Waals surface area contributed by atoms with Gasteiger partial charge in [0.15, 0.2) is 0 Å². The predicted molar refractivity (Wildman–Crippen MR) is 89.0 cm³/mol. The summed E-state index contributed by atoms with van der Waals surface area (Å²) < 4.78 is 0. The number of hydrogen-bond donors (Lipinski definition) is 3. The van der Waals surface area contributed by atoms with E-state index in [0.29, 0.717) is 12.8 Å². The van der Waals surface area contributed by atoms with Crippen LogP contribution in [0.1, 0.15) is 25.8 Å². The minimum atomic E-state index is -0.689. The monoisotopic (exact) mass is 357 g/mol. The van der Waals surface area contributed by atoms with Crippen LogP contribution in [0.4, 0.5) is 0 Å². The molecule has 118 valence electrons. The van der Waals surface area contributed by atoms with Gasteiger partial charge in [-0.25, -0.2) is 0 Å². The second kappa shape index (κ2) is 9.52. The summed E-state index contributed by atoms with van der Waals surface area (Å²) in [5, 5.41) is 2.63. The largest absolute Gasteiger partial charge is 0.368 e. The van der Waals surface area contributed by atoms with Crippen LogP contribution in [0, 0.1) is 5.92 Å². The highest BCUT2D eigenvalue weighted by Crippen LogP contribution is 2.06. The highest BCUT2D eigenvalue weighted by molar-refractivity contribution is 8.93. The maximum absolute atomic E-state index is 12.0. The average Bonchev–Trinajstić information content (AvgIpc) is 2.38. The van der Waals surface area contributed by atoms with Crippen molar-refractivity contribution in [3.63, 3.8) is 0 Å². The Balaban J connectivity index is 0.00000400. The molecular formula is C15H24BrN3O2. The second-order valence-corrected chi connectivity index (χ2v) is 5.39. The molecule has 6 heteroatoms. The Morgan fingerprint density at radius 3 is 2.24 bits per heavy atom. The van der Waals surface area contributed by atoms with Crippen molar-refractivity contribution in [1.29, 1.82) is 0 Å². The van der Waals surface area contributed by atoms with Crippen molar-refractivity contribution in [2.75, 3.05) is 0 Å². The predicted octanol–water partition coefficient (Wildman–Crippen LogP) is 1.15. The van der Waals surface area contributed by atoms with Crippen LogP contribution in [0.25, 0.3) is 0 Å². The zero-order valence-electron chi connectivity index (χ0n) is 12.4. The van der Waals surface area contributed by atoms with Gasteiger partial charge in [0.1, 0.15) is 6.04 Å². The van der Waals surface area contributed by atoms with Gasteiger partial charge < -0.3 is 16.8 Å². The maximum Gasteiger partial charge on any atom is 0.240 e. The van der Waals surface area contributed by atoms with Crippen LogP contribution in [-0.2, 0) is 16.0 Å². The highest BCUT2D eigenvalue weighted by atomic mass is 79.9. The summed E-state index contributed by atoms with van der Waals surface area (Å²) in [5.41, 5.74) is 12.1. The SMILES string of the molecule is Br.CC(C)C[C@H](NC(=O)[C@@H](N)Cc1ccccc1)C(N)=O. The van der Waals surface area contributed by atoms with Crippen LogP contribution < -0.4 is 16.8 Å². The summed E-state index contributed by atoms with van der Waals surface area (Å²) in [6.45, 7) is 3.93. The molecule has 0 spiro atoms. The molecule has 1 aromatic carbocycles. The van der Waals surface area contributed by atoms with Crippen LogP contribution >= 0.6 is 17.0 Å². The van der Waals surface area contributed by atoms with Crippen molar-refractivity contribution in [3.05, 3.63) is 35.9 Å². The number of benzene rings is 1. The molecule has 0 bridgehead atoms. The van der Waals surface area contributed by atoms with Gasteiger partial charge in [-0.1, -0.05) is 44.2 Å². The third kappa shape index (κ3) is 7.24. The van der Waals surface area contributed by atoms with Crippen molar-refractivity contribution in [3.8, 4) is 0 Å². The molecule has 2 atom stereocenters. The normalized spacial score (nSPS) is 13.1. The number of halogens is 1. The smallest absolute Gasteiger partial charge is 0.240 e. The van der Waals surface area contributed by atoms with E-state index in [-0.39, 0.29) is 28.8 Å². The van der Waals surface area contributed by atoms with Gasteiger partial charge in [-0.05, 0) is 24.3 Å². The minimum absolute atomic E-state index is 0. The molecule has 0 unspecified atom stereocenters. The zero-order valence-corrected chi connectivity index (χ0v) is 14.1. The number of nitrogens with one attached hydrogen (secondary N) is 1. The van der Waals surface area contributed by atoms with Gasteiger partial charge in [0.2, 0.25) is 11.8 Å². The molecule has 0 heterocycles. The fraction of sp³-hybridized carbons (Fsp3) is 0.467. The number of carbonyl (C=O) groups excluding carboxylic acids is 2. The lowest BCUT2D eigenvalue weighted by molar-refractivity contribution is -0.128. The average molecular weight is 358 g/mol. The number of hydrogen-bond acceptors (Lipinski definition) is 3. The Bertz CT molecular complexity index is 451. The van der Waals surface area contributed by atoms with Crippen molar-refractivity contribution in [2.45, 2.75) is 38.8 Å². The number of primary amides is 1. The number of carbonyl (C=O) groups is 2. The summed E-state index contributed by atoms with van der Waals surface area (Å²) in [4.78, 5) is 23.3. The molecule has 5 nitrogen and oxygen atoms in total. The molecule has 1 aromatic rings. The van der Waals surface area contributed by atoms with Gasteiger partial charge in [-0.2, -0.15) is 0 Å². The lowest BCUT2D eigenvalue weighted by Crippen LogP contribution is -2.51. The van der Waals surface area contributed by atoms with Crippen LogP contribution in [0.2, 0.25) is 0 Å². The number of rotatable bonds is 7. The lowest BCUT2D eigenvalue weighted by atomic mass is 10.0. The Morgan fingerprint density at radius 1 is 1.19 bits per heavy atom. The summed E-state index contributed by atoms with van der Waals surface area (Å²) in [5.74, 6) is -0.615. The molecule has 0 fully saturated rings. The van der Waals surface area contributed by atoms with E-state index >= 15 is 0 Å². The van der Waals surface area contributed by atoms with Gasteiger partial charge in [-0.15, -0.1) is 17.0 Å². The summed E-state index contributed by atoms with van der Waals surface area (Å²) in [6, 6.07) is 8.16. The number of nitrogens with two attached hydrogens (primary N) is 2. The molecule has 0 saturated carbocycles. The highest BCUT2D eigenvalue weighted by Gasteiger charge is 2.22. The topological polar surface area (TPSA) is 98.2 Å². The molecule has 0 saturated heterocycles. The molecule has 0 aliphatic heterocycles. The van der Waals surface area contributed by atoms with E-state index in [0.717, 1.165) is 5.56 Å². The molecule has 0 aromatic heterocycles. The van der Waals surface area contributed by atoms with Crippen LogP contribution in [-0.4, -0.2) is 23.9 Å². The molecule has 21 heavy (non-hydrogen) atoms. The van der Waals surface area contributed by atoms with E-state index in [1.807, 2.05) is 44.2 Å². The van der Waals surface area contributed by atoms with Crippen molar-refractivity contribution in [2.24, 2.45) is 17.4 Å². The first-order valence-corrected chi connectivity index (χ1v) is 6.79. The molecule has 2 amide bonds. The first kappa shape index (κ1) is 19.6. The van der Waals surface area contributed by atoms with Crippen molar-refractivity contribution < 1.29 is 9.59 Å². The van der Waals surface area contributed by atoms with Gasteiger partial charge in [0, 0.05) is 0 Å². The second-order valence-electron chi connectivity index (χ2n) is 5.39. The molecule has 5 N–H and O–H groups in total. The summed E-state index contributed by atoms with van der Waals surface area (Å²) >= 11 is 0. The van der Waals surface area contributed by atoms with Crippen LogP contribution in [0.5, 0.6) is 0 Å². The van der Waals surface area contributed by atoms with Crippen LogP contribution in [0.3, 0.4) is 0 Å². The number of amides is 2. The fourth-order valence-electron chi connectivity index (χ4n) is 1.96. The Morgan fingerprint density at radius 2 is 1.76 bits per heavy atom. The fourth-order valence-corrected chi connectivity index (χ4v) is 1.96. The summed E-state index contributed by atoms with van der Waals surface area (Å²) in [6.07, 6.45) is 0.943. The Kier molecular flexibility index (Phi) is 8.89. The zero-order chi connectivity index (χ0) is 15.1. The molecule has 0 aliphatic rings. The maximum atomic E-state index is 12.0. The van der Waals surface area contributed by atoms with Gasteiger partial charge >= 0.3 is 0 Å².